The second kappa shape index (κ2) is 5.50. The van der Waals surface area contributed by atoms with Gasteiger partial charge in [-0.05, 0) is 56.3 Å². The van der Waals surface area contributed by atoms with Crippen LogP contribution in [0.3, 0.4) is 0 Å². The molecular formula is C14H17N3S. The molecule has 2 aromatic rings. The minimum Gasteiger partial charge on any atom is -0.324 e. The summed E-state index contributed by atoms with van der Waals surface area (Å²) < 4.78 is 0. The second-order valence-electron chi connectivity index (χ2n) is 4.41. The molecule has 2 rings (SSSR count). The highest BCUT2D eigenvalue weighted by atomic mass is 32.2. The molecular weight excluding hydrogens is 242 g/mol. The average molecular weight is 259 g/mol. The van der Waals surface area contributed by atoms with Crippen molar-refractivity contribution in [2.75, 3.05) is 0 Å². The molecule has 94 valence electrons. The second-order valence-corrected chi connectivity index (χ2v) is 5.42. The molecule has 2 aromatic heterocycles. The summed E-state index contributed by atoms with van der Waals surface area (Å²) in [7, 11) is 0. The minimum atomic E-state index is -0.0212. The van der Waals surface area contributed by atoms with Crippen molar-refractivity contribution in [1.82, 2.24) is 9.97 Å². The summed E-state index contributed by atoms with van der Waals surface area (Å²) in [5.74, 6) is 0. The van der Waals surface area contributed by atoms with Crippen LogP contribution in [0.1, 0.15) is 29.8 Å². The van der Waals surface area contributed by atoms with Gasteiger partial charge in [0, 0.05) is 23.5 Å². The van der Waals surface area contributed by atoms with Crippen LogP contribution in [0.4, 0.5) is 0 Å². The van der Waals surface area contributed by atoms with Gasteiger partial charge < -0.3 is 5.73 Å². The minimum absolute atomic E-state index is 0.0212. The molecule has 2 N–H and O–H groups in total. The molecule has 18 heavy (non-hydrogen) atoms. The number of aromatic nitrogens is 2. The van der Waals surface area contributed by atoms with Crippen molar-refractivity contribution in [3.05, 3.63) is 47.3 Å². The summed E-state index contributed by atoms with van der Waals surface area (Å²) in [6.45, 7) is 6.04. The van der Waals surface area contributed by atoms with Crippen LogP contribution < -0.4 is 5.73 Å². The maximum Gasteiger partial charge on any atom is 0.107 e. The standard InChI is InChI=1S/C14H17N3S/c1-9-7-10(2)17-13(8-9)18-14-12(11(3)15)5-4-6-16-14/h4-8,11H,15H2,1-3H3/t11-/m1/s1. The van der Waals surface area contributed by atoms with Gasteiger partial charge in [-0.3, -0.25) is 0 Å². The first kappa shape index (κ1) is 13.1. The highest BCUT2D eigenvalue weighted by Crippen LogP contribution is 2.30. The Balaban J connectivity index is 2.34. The quantitative estimate of drug-likeness (QED) is 0.919. The van der Waals surface area contributed by atoms with E-state index in [1.807, 2.05) is 26.0 Å². The first-order chi connectivity index (χ1) is 8.56. The number of nitrogens with zero attached hydrogens (tertiary/aromatic N) is 2. The van der Waals surface area contributed by atoms with E-state index in [1.54, 1.807) is 18.0 Å². The number of aryl methyl sites for hydroxylation is 2. The van der Waals surface area contributed by atoms with E-state index in [-0.39, 0.29) is 6.04 Å². The first-order valence-corrected chi connectivity index (χ1v) is 6.71. The lowest BCUT2D eigenvalue weighted by molar-refractivity contribution is 0.779. The van der Waals surface area contributed by atoms with Crippen LogP contribution in [0.15, 0.2) is 40.5 Å². The van der Waals surface area contributed by atoms with Gasteiger partial charge in [-0.2, -0.15) is 0 Å². The van der Waals surface area contributed by atoms with Crippen LogP contribution in [0.2, 0.25) is 0 Å². The van der Waals surface area contributed by atoms with Gasteiger partial charge in [0.15, 0.2) is 0 Å². The molecule has 0 aliphatic carbocycles. The van der Waals surface area contributed by atoms with Crippen LogP contribution in [0.5, 0.6) is 0 Å². The number of pyridine rings is 2. The van der Waals surface area contributed by atoms with Crippen molar-refractivity contribution in [3.63, 3.8) is 0 Å². The smallest absolute Gasteiger partial charge is 0.107 e. The van der Waals surface area contributed by atoms with Crippen LogP contribution >= 0.6 is 11.8 Å². The van der Waals surface area contributed by atoms with Gasteiger partial charge >= 0.3 is 0 Å². The topological polar surface area (TPSA) is 51.8 Å². The van der Waals surface area contributed by atoms with Gasteiger partial charge in [-0.15, -0.1) is 0 Å². The summed E-state index contributed by atoms with van der Waals surface area (Å²) in [6.07, 6.45) is 1.79. The van der Waals surface area contributed by atoms with Crippen molar-refractivity contribution in [2.24, 2.45) is 5.73 Å². The summed E-state index contributed by atoms with van der Waals surface area (Å²) in [4.78, 5) is 8.91. The molecule has 0 unspecified atom stereocenters. The Morgan fingerprint density at radius 1 is 1.28 bits per heavy atom. The molecule has 2 heterocycles. The van der Waals surface area contributed by atoms with Crippen molar-refractivity contribution in [1.29, 1.82) is 0 Å². The maximum absolute atomic E-state index is 5.95. The van der Waals surface area contributed by atoms with Crippen LogP contribution in [-0.4, -0.2) is 9.97 Å². The molecule has 0 fully saturated rings. The summed E-state index contributed by atoms with van der Waals surface area (Å²) in [5.41, 5.74) is 9.25. The Hall–Kier alpha value is -1.39. The Morgan fingerprint density at radius 2 is 2.06 bits per heavy atom. The monoisotopic (exact) mass is 259 g/mol. The average Bonchev–Trinajstić information content (AvgIpc) is 2.27. The van der Waals surface area contributed by atoms with Gasteiger partial charge in [0.1, 0.15) is 10.1 Å². The third-order valence-electron chi connectivity index (χ3n) is 2.57. The number of hydrogen-bond acceptors (Lipinski definition) is 4. The highest BCUT2D eigenvalue weighted by Gasteiger charge is 2.10. The fourth-order valence-corrected chi connectivity index (χ4v) is 2.91. The fraction of sp³-hybridized carbons (Fsp3) is 0.286. The third kappa shape index (κ3) is 3.09. The zero-order valence-electron chi connectivity index (χ0n) is 10.8. The third-order valence-corrected chi connectivity index (χ3v) is 3.52. The highest BCUT2D eigenvalue weighted by molar-refractivity contribution is 7.99. The summed E-state index contributed by atoms with van der Waals surface area (Å²) in [5, 5.41) is 1.90. The number of hydrogen-bond donors (Lipinski definition) is 1. The molecule has 0 saturated carbocycles. The molecule has 0 aromatic carbocycles. The molecule has 0 radical (unpaired) electrons. The van der Waals surface area contributed by atoms with E-state index < -0.39 is 0 Å². The Kier molecular flexibility index (Phi) is 3.99. The molecule has 0 amide bonds. The maximum atomic E-state index is 5.95. The fourth-order valence-electron chi connectivity index (χ4n) is 1.79. The Labute approximate surface area is 112 Å². The van der Waals surface area contributed by atoms with Crippen molar-refractivity contribution < 1.29 is 0 Å². The molecule has 1 atom stereocenters. The lowest BCUT2D eigenvalue weighted by atomic mass is 10.2. The number of nitrogens with two attached hydrogens (primary N) is 1. The summed E-state index contributed by atoms with van der Waals surface area (Å²) in [6, 6.07) is 8.04. The SMILES string of the molecule is Cc1cc(C)nc(Sc2ncccc2[C@@H](C)N)c1. The van der Waals surface area contributed by atoms with E-state index in [0.29, 0.717) is 0 Å². The predicted molar refractivity (Wildman–Crippen MR) is 74.7 cm³/mol. The normalized spacial score (nSPS) is 12.4. The lowest BCUT2D eigenvalue weighted by Gasteiger charge is -2.11. The molecule has 0 saturated heterocycles. The number of rotatable bonds is 3. The molecule has 0 spiro atoms. The molecule has 0 aliphatic heterocycles. The van der Waals surface area contributed by atoms with E-state index in [4.69, 9.17) is 5.73 Å². The zero-order chi connectivity index (χ0) is 13.1. The van der Waals surface area contributed by atoms with Crippen molar-refractivity contribution in [2.45, 2.75) is 36.9 Å². The van der Waals surface area contributed by atoms with E-state index in [0.717, 1.165) is 21.3 Å². The van der Waals surface area contributed by atoms with E-state index in [2.05, 4.69) is 29.0 Å². The van der Waals surface area contributed by atoms with Crippen LogP contribution in [0, 0.1) is 13.8 Å². The lowest BCUT2D eigenvalue weighted by Crippen LogP contribution is -2.07. The van der Waals surface area contributed by atoms with Gasteiger partial charge in [-0.25, -0.2) is 9.97 Å². The largest absolute Gasteiger partial charge is 0.324 e. The van der Waals surface area contributed by atoms with Crippen molar-refractivity contribution >= 4 is 11.8 Å². The Morgan fingerprint density at radius 3 is 2.72 bits per heavy atom. The summed E-state index contributed by atoms with van der Waals surface area (Å²) >= 11 is 1.57. The van der Waals surface area contributed by atoms with Crippen LogP contribution in [-0.2, 0) is 0 Å². The Bertz CT molecular complexity index is 532. The predicted octanol–water partition coefficient (Wildman–Crippen LogP) is 3.26. The molecule has 3 nitrogen and oxygen atoms in total. The van der Waals surface area contributed by atoms with Gasteiger partial charge in [0.25, 0.3) is 0 Å². The van der Waals surface area contributed by atoms with E-state index >= 15 is 0 Å². The van der Waals surface area contributed by atoms with Crippen LogP contribution in [0.25, 0.3) is 0 Å². The molecule has 0 bridgehead atoms. The van der Waals surface area contributed by atoms with E-state index in [1.165, 1.54) is 5.56 Å². The van der Waals surface area contributed by atoms with Crippen molar-refractivity contribution in [3.8, 4) is 0 Å². The van der Waals surface area contributed by atoms with Gasteiger partial charge in [0.2, 0.25) is 0 Å². The first-order valence-electron chi connectivity index (χ1n) is 5.90. The zero-order valence-corrected chi connectivity index (χ0v) is 11.7. The van der Waals surface area contributed by atoms with Gasteiger partial charge in [-0.1, -0.05) is 6.07 Å². The molecule has 4 heteroatoms. The van der Waals surface area contributed by atoms with E-state index in [9.17, 15) is 0 Å². The molecule has 0 aliphatic rings. The van der Waals surface area contributed by atoms with Gasteiger partial charge in [0.05, 0.1) is 0 Å².